The number of carbonyl (C=O) groups is 2. The van der Waals surface area contributed by atoms with Crippen LogP contribution >= 0.6 is 0 Å². The van der Waals surface area contributed by atoms with Gasteiger partial charge < -0.3 is 19.3 Å². The van der Waals surface area contributed by atoms with Gasteiger partial charge in [-0.1, -0.05) is 43.5 Å². The van der Waals surface area contributed by atoms with E-state index >= 15 is 0 Å². The van der Waals surface area contributed by atoms with Crippen LogP contribution in [0, 0.1) is 11.3 Å². The number of fused-ring (bicyclic) bond motifs is 1. The second kappa shape index (κ2) is 12.6. The Morgan fingerprint density at radius 3 is 2.58 bits per heavy atom. The molecule has 2 aliphatic rings. The highest BCUT2D eigenvalue weighted by molar-refractivity contribution is 5.89. The Hall–Kier alpha value is -4.74. The Balaban J connectivity index is 1.46. The highest BCUT2D eigenvalue weighted by atomic mass is 16.5. The van der Waals surface area contributed by atoms with Crippen LogP contribution < -0.4 is 0 Å². The summed E-state index contributed by atoms with van der Waals surface area (Å²) in [5, 5.41) is 19.7. The van der Waals surface area contributed by atoms with Crippen molar-refractivity contribution in [3.63, 3.8) is 0 Å². The minimum absolute atomic E-state index is 0.00739. The summed E-state index contributed by atoms with van der Waals surface area (Å²) in [7, 11) is 0. The van der Waals surface area contributed by atoms with Gasteiger partial charge in [0.2, 0.25) is 5.91 Å². The van der Waals surface area contributed by atoms with Crippen LogP contribution in [0.3, 0.4) is 0 Å². The van der Waals surface area contributed by atoms with Crippen molar-refractivity contribution in [3.8, 4) is 28.6 Å². The van der Waals surface area contributed by atoms with Gasteiger partial charge >= 0.3 is 5.97 Å². The summed E-state index contributed by atoms with van der Waals surface area (Å²) in [6, 6.07) is 21.9. The van der Waals surface area contributed by atoms with E-state index in [1.807, 2.05) is 51.9 Å². The van der Waals surface area contributed by atoms with E-state index < -0.39 is 5.97 Å². The number of carboxylic acids is 1. The number of amides is 1. The first kappa shape index (κ1) is 28.4. The number of benzene rings is 2. The summed E-state index contributed by atoms with van der Waals surface area (Å²) in [4.78, 5) is 31.8. The standard InChI is InChI=1S/C35H34N4O4/c36-22-24-5-4-8-26(19-24)31-12-9-27-20-28(10-13-32(27)37-31)35-30(25-6-2-1-3-7-25)21-29(11-14-34(41)42)39(35)23-33(40)38-15-17-43-18-16-38/h4-5,8-14,19-21,25H,1-3,6-7,15-18,23H2,(H,41,42). The average molecular weight is 575 g/mol. The molecule has 0 spiro atoms. The van der Waals surface area contributed by atoms with Crippen LogP contribution in [0.2, 0.25) is 0 Å². The molecule has 2 aromatic heterocycles. The van der Waals surface area contributed by atoms with Crippen LogP contribution in [0.1, 0.15) is 54.8 Å². The molecular formula is C35H34N4O4. The van der Waals surface area contributed by atoms with Crippen molar-refractivity contribution in [2.45, 2.75) is 44.6 Å². The number of aliphatic carboxylic acids is 1. The zero-order valence-corrected chi connectivity index (χ0v) is 24.0. The second-order valence-corrected chi connectivity index (χ2v) is 11.3. The second-order valence-electron chi connectivity index (χ2n) is 11.3. The van der Waals surface area contributed by atoms with Gasteiger partial charge in [0.1, 0.15) is 6.54 Å². The Bertz CT molecular complexity index is 1740. The Kier molecular flexibility index (Phi) is 8.34. The monoisotopic (exact) mass is 574 g/mol. The predicted molar refractivity (Wildman–Crippen MR) is 165 cm³/mol. The molecule has 1 saturated carbocycles. The lowest BCUT2D eigenvalue weighted by Gasteiger charge is -2.28. The number of nitriles is 1. The zero-order chi connectivity index (χ0) is 29.8. The molecule has 2 aromatic carbocycles. The van der Waals surface area contributed by atoms with E-state index in [1.165, 1.54) is 6.42 Å². The molecule has 4 aromatic rings. The predicted octanol–water partition coefficient (Wildman–Crippen LogP) is 6.25. The highest BCUT2D eigenvalue weighted by Gasteiger charge is 2.27. The van der Waals surface area contributed by atoms with Gasteiger partial charge in [-0.2, -0.15) is 5.26 Å². The maximum atomic E-state index is 13.5. The number of ether oxygens (including phenoxy) is 1. The summed E-state index contributed by atoms with van der Waals surface area (Å²) in [5.41, 5.74) is 6.91. The van der Waals surface area contributed by atoms with Gasteiger partial charge in [0.25, 0.3) is 0 Å². The quantitative estimate of drug-likeness (QED) is 0.262. The first-order chi connectivity index (χ1) is 21.0. The normalized spacial score (nSPS) is 16.0. The smallest absolute Gasteiger partial charge is 0.328 e. The number of morpholine rings is 1. The van der Waals surface area contributed by atoms with E-state index in [4.69, 9.17) is 9.72 Å². The van der Waals surface area contributed by atoms with Crippen molar-refractivity contribution < 1.29 is 19.4 Å². The van der Waals surface area contributed by atoms with E-state index in [2.05, 4.69) is 18.2 Å². The van der Waals surface area contributed by atoms with Crippen molar-refractivity contribution in [2.24, 2.45) is 0 Å². The van der Waals surface area contributed by atoms with Gasteiger partial charge in [-0.05, 0) is 72.4 Å². The number of nitrogens with zero attached hydrogens (tertiary/aromatic N) is 4. The van der Waals surface area contributed by atoms with Gasteiger partial charge in [-0.25, -0.2) is 9.78 Å². The van der Waals surface area contributed by atoms with Crippen LogP contribution in [0.5, 0.6) is 0 Å². The van der Waals surface area contributed by atoms with Crippen LogP contribution in [0.4, 0.5) is 0 Å². The third-order valence-corrected chi connectivity index (χ3v) is 8.51. The van der Waals surface area contributed by atoms with Gasteiger partial charge in [0, 0.05) is 35.8 Å². The number of hydrogen-bond donors (Lipinski definition) is 1. The first-order valence-corrected chi connectivity index (χ1v) is 14.9. The van der Waals surface area contributed by atoms with E-state index in [1.54, 1.807) is 12.1 Å². The fraction of sp³-hybridized carbons (Fsp3) is 0.314. The van der Waals surface area contributed by atoms with E-state index in [0.29, 0.717) is 43.5 Å². The molecule has 1 amide bonds. The number of hydrogen-bond acceptors (Lipinski definition) is 5. The Labute approximate surface area is 250 Å². The molecule has 6 rings (SSSR count). The molecule has 8 nitrogen and oxygen atoms in total. The lowest BCUT2D eigenvalue weighted by Crippen LogP contribution is -2.42. The number of rotatable bonds is 7. The molecular weight excluding hydrogens is 540 g/mol. The van der Waals surface area contributed by atoms with Gasteiger partial charge in [-0.3, -0.25) is 4.79 Å². The number of pyridine rings is 1. The molecule has 43 heavy (non-hydrogen) atoms. The summed E-state index contributed by atoms with van der Waals surface area (Å²) in [5.74, 6) is -0.697. The average Bonchev–Trinajstić information content (AvgIpc) is 3.41. The molecule has 218 valence electrons. The van der Waals surface area contributed by atoms with Crippen molar-refractivity contribution in [2.75, 3.05) is 26.3 Å². The molecule has 0 unspecified atom stereocenters. The Morgan fingerprint density at radius 2 is 1.81 bits per heavy atom. The lowest BCUT2D eigenvalue weighted by atomic mass is 9.83. The molecule has 2 fully saturated rings. The molecule has 0 radical (unpaired) electrons. The maximum absolute atomic E-state index is 13.5. The van der Waals surface area contributed by atoms with Crippen molar-refractivity contribution >= 4 is 28.9 Å². The topological polar surface area (TPSA) is 108 Å². The number of carboxylic acid groups (broad SMARTS) is 1. The molecule has 8 heteroatoms. The Morgan fingerprint density at radius 1 is 1.00 bits per heavy atom. The SMILES string of the molecule is N#Cc1cccc(-c2ccc3cc(-c4c(C5CCCCC5)cc(C=CC(=O)O)n4CC(=O)N4CCOCC4)ccc3n2)c1. The van der Waals surface area contributed by atoms with E-state index in [9.17, 15) is 20.0 Å². The number of aromatic nitrogens is 2. The molecule has 0 atom stereocenters. The minimum Gasteiger partial charge on any atom is -0.478 e. The van der Waals surface area contributed by atoms with Crippen molar-refractivity contribution in [1.82, 2.24) is 14.5 Å². The van der Waals surface area contributed by atoms with Crippen molar-refractivity contribution in [3.05, 3.63) is 83.6 Å². The summed E-state index contributed by atoms with van der Waals surface area (Å²) >= 11 is 0. The van der Waals surface area contributed by atoms with E-state index in [0.717, 1.165) is 70.7 Å². The fourth-order valence-electron chi connectivity index (χ4n) is 6.33. The largest absolute Gasteiger partial charge is 0.478 e. The fourth-order valence-corrected chi connectivity index (χ4v) is 6.33. The lowest BCUT2D eigenvalue weighted by molar-refractivity contribution is -0.136. The molecule has 3 heterocycles. The molecule has 1 N–H and O–H groups in total. The summed E-state index contributed by atoms with van der Waals surface area (Å²) in [6.07, 6.45) is 8.41. The van der Waals surface area contributed by atoms with Gasteiger partial charge in [0.15, 0.2) is 0 Å². The van der Waals surface area contributed by atoms with Gasteiger partial charge in [0.05, 0.1) is 41.8 Å². The van der Waals surface area contributed by atoms with Crippen molar-refractivity contribution in [1.29, 1.82) is 5.26 Å². The minimum atomic E-state index is -1.03. The third kappa shape index (κ3) is 6.23. The third-order valence-electron chi connectivity index (χ3n) is 8.51. The van der Waals surface area contributed by atoms with Gasteiger partial charge in [-0.15, -0.1) is 0 Å². The van der Waals surface area contributed by atoms with E-state index in [-0.39, 0.29) is 12.5 Å². The zero-order valence-electron chi connectivity index (χ0n) is 24.0. The summed E-state index contributed by atoms with van der Waals surface area (Å²) in [6.45, 7) is 2.25. The number of carbonyl (C=O) groups excluding carboxylic acids is 1. The first-order valence-electron chi connectivity index (χ1n) is 14.9. The van der Waals surface area contributed by atoms with Crippen LogP contribution in [-0.2, 0) is 20.9 Å². The molecule has 0 bridgehead atoms. The summed E-state index contributed by atoms with van der Waals surface area (Å²) < 4.78 is 7.45. The molecule has 1 saturated heterocycles. The van der Waals surface area contributed by atoms with Crippen LogP contribution in [0.25, 0.3) is 39.5 Å². The highest BCUT2D eigenvalue weighted by Crippen LogP contribution is 2.41. The van der Waals surface area contributed by atoms with Crippen LogP contribution in [0.15, 0.2) is 66.7 Å². The van der Waals surface area contributed by atoms with Crippen LogP contribution in [-0.4, -0.2) is 57.7 Å². The molecule has 1 aliphatic carbocycles. The maximum Gasteiger partial charge on any atom is 0.328 e. The molecule has 1 aliphatic heterocycles.